The van der Waals surface area contributed by atoms with Crippen molar-refractivity contribution in [3.63, 3.8) is 0 Å². The molecule has 1 amide bonds. The van der Waals surface area contributed by atoms with Crippen LogP contribution in [-0.4, -0.2) is 55.3 Å². The summed E-state index contributed by atoms with van der Waals surface area (Å²) in [6.45, 7) is 2.07. The molecule has 2 aromatic rings. The van der Waals surface area contributed by atoms with E-state index < -0.39 is 36.0 Å². The number of alkyl halides is 3. The van der Waals surface area contributed by atoms with Crippen molar-refractivity contribution in [1.82, 2.24) is 4.90 Å². The van der Waals surface area contributed by atoms with Gasteiger partial charge in [0.2, 0.25) is 0 Å². The number of anilines is 1. The number of rotatable bonds is 6. The molecule has 33 heavy (non-hydrogen) atoms. The van der Waals surface area contributed by atoms with Crippen LogP contribution in [0.25, 0.3) is 0 Å². The summed E-state index contributed by atoms with van der Waals surface area (Å²) in [4.78, 5) is 38.9. The number of carbonyl (C=O) groups is 3. The summed E-state index contributed by atoms with van der Waals surface area (Å²) in [5, 5.41) is 0. The van der Waals surface area contributed by atoms with E-state index in [-0.39, 0.29) is 36.4 Å². The van der Waals surface area contributed by atoms with Crippen LogP contribution in [0.3, 0.4) is 0 Å². The summed E-state index contributed by atoms with van der Waals surface area (Å²) in [7, 11) is 0. The SMILES string of the molecule is CC(=O)c1ccc(N2CCN(C(=O)COC(=O)Cc3cccc(C(F)(F)F)c3)CC2)c(F)c1. The molecule has 6 nitrogen and oxygen atoms in total. The lowest BCUT2D eigenvalue weighted by atomic mass is 10.1. The average Bonchev–Trinajstić information content (AvgIpc) is 2.77. The van der Waals surface area contributed by atoms with Crippen LogP contribution in [0.15, 0.2) is 42.5 Å². The molecule has 1 heterocycles. The molecule has 0 unspecified atom stereocenters. The second-order valence-electron chi connectivity index (χ2n) is 7.63. The first-order chi connectivity index (χ1) is 15.5. The van der Waals surface area contributed by atoms with E-state index in [0.717, 1.165) is 12.1 Å². The molecular weight excluding hydrogens is 444 g/mol. The van der Waals surface area contributed by atoms with Gasteiger partial charge in [-0.05, 0) is 36.8 Å². The van der Waals surface area contributed by atoms with Crippen LogP contribution in [0.4, 0.5) is 23.2 Å². The number of Topliss-reactive ketones (excluding diaryl/α,β-unsaturated/α-hetero) is 1. The Balaban J connectivity index is 1.48. The van der Waals surface area contributed by atoms with Gasteiger partial charge in [0, 0.05) is 31.7 Å². The van der Waals surface area contributed by atoms with Crippen molar-refractivity contribution < 1.29 is 36.7 Å². The zero-order valence-electron chi connectivity index (χ0n) is 17.8. The number of ketones is 1. The van der Waals surface area contributed by atoms with E-state index in [9.17, 15) is 31.9 Å². The number of piperazine rings is 1. The van der Waals surface area contributed by atoms with Crippen LogP contribution in [0.5, 0.6) is 0 Å². The molecule has 2 aromatic carbocycles. The third-order valence-corrected chi connectivity index (χ3v) is 5.29. The first kappa shape index (κ1) is 24.2. The summed E-state index contributed by atoms with van der Waals surface area (Å²) >= 11 is 0. The molecule has 0 spiro atoms. The standard InChI is InChI=1S/C23H22F4N2O4/c1-15(30)17-5-6-20(19(24)13-17)28-7-9-29(10-8-28)21(31)14-33-22(32)12-16-3-2-4-18(11-16)23(25,26)27/h2-6,11,13H,7-10,12,14H2,1H3. The maximum absolute atomic E-state index is 14.3. The van der Waals surface area contributed by atoms with E-state index in [2.05, 4.69) is 0 Å². The summed E-state index contributed by atoms with van der Waals surface area (Å²) in [5.74, 6) is -2.02. The number of hydrogen-bond donors (Lipinski definition) is 0. The lowest BCUT2D eigenvalue weighted by Crippen LogP contribution is -2.50. The van der Waals surface area contributed by atoms with Crippen molar-refractivity contribution in [2.75, 3.05) is 37.7 Å². The summed E-state index contributed by atoms with van der Waals surface area (Å²) in [6, 6.07) is 8.60. The molecule has 0 saturated carbocycles. The quantitative estimate of drug-likeness (QED) is 0.371. The van der Waals surface area contributed by atoms with E-state index in [1.165, 1.54) is 36.1 Å². The molecule has 0 bridgehead atoms. The number of nitrogens with zero attached hydrogens (tertiary/aromatic N) is 2. The monoisotopic (exact) mass is 466 g/mol. The van der Waals surface area contributed by atoms with Gasteiger partial charge in [0.15, 0.2) is 12.4 Å². The van der Waals surface area contributed by atoms with Crippen LogP contribution in [0.2, 0.25) is 0 Å². The fraction of sp³-hybridized carbons (Fsp3) is 0.348. The van der Waals surface area contributed by atoms with Gasteiger partial charge in [-0.3, -0.25) is 14.4 Å². The topological polar surface area (TPSA) is 66.9 Å². The molecule has 0 atom stereocenters. The zero-order valence-corrected chi connectivity index (χ0v) is 17.8. The van der Waals surface area contributed by atoms with Crippen molar-refractivity contribution in [2.24, 2.45) is 0 Å². The van der Waals surface area contributed by atoms with Crippen LogP contribution in [0, 0.1) is 5.82 Å². The zero-order chi connectivity index (χ0) is 24.2. The third kappa shape index (κ3) is 6.30. The number of hydrogen-bond acceptors (Lipinski definition) is 5. The minimum absolute atomic E-state index is 0.133. The van der Waals surface area contributed by atoms with Crippen LogP contribution < -0.4 is 4.90 Å². The fourth-order valence-corrected chi connectivity index (χ4v) is 3.49. The van der Waals surface area contributed by atoms with E-state index in [1.54, 1.807) is 11.0 Å². The molecule has 10 heteroatoms. The molecule has 1 saturated heterocycles. The van der Waals surface area contributed by atoms with Crippen molar-refractivity contribution in [2.45, 2.75) is 19.5 Å². The lowest BCUT2D eigenvalue weighted by molar-refractivity contribution is -0.151. The van der Waals surface area contributed by atoms with Crippen LogP contribution >= 0.6 is 0 Å². The number of ether oxygens (including phenoxy) is 1. The highest BCUT2D eigenvalue weighted by Gasteiger charge is 2.30. The van der Waals surface area contributed by atoms with Gasteiger partial charge in [0.25, 0.3) is 5.91 Å². The minimum atomic E-state index is -4.52. The Morgan fingerprint density at radius 3 is 2.30 bits per heavy atom. The molecule has 1 aliphatic heterocycles. The predicted molar refractivity (Wildman–Crippen MR) is 111 cm³/mol. The Labute approximate surface area is 187 Å². The smallest absolute Gasteiger partial charge is 0.416 e. The number of benzene rings is 2. The minimum Gasteiger partial charge on any atom is -0.455 e. The van der Waals surface area contributed by atoms with Crippen LogP contribution in [0.1, 0.15) is 28.4 Å². The molecular formula is C23H22F4N2O4. The third-order valence-electron chi connectivity index (χ3n) is 5.29. The Bertz CT molecular complexity index is 1050. The molecule has 0 radical (unpaired) electrons. The molecule has 0 aliphatic carbocycles. The Kier molecular flexibility index (Phi) is 7.35. The molecule has 0 aromatic heterocycles. The molecule has 0 N–H and O–H groups in total. The fourth-order valence-electron chi connectivity index (χ4n) is 3.49. The van der Waals surface area contributed by atoms with E-state index in [4.69, 9.17) is 4.74 Å². The highest BCUT2D eigenvalue weighted by Crippen LogP contribution is 2.29. The van der Waals surface area contributed by atoms with Gasteiger partial charge in [-0.15, -0.1) is 0 Å². The number of carbonyl (C=O) groups excluding carboxylic acids is 3. The maximum Gasteiger partial charge on any atom is 0.416 e. The summed E-state index contributed by atoms with van der Waals surface area (Å²) in [6.07, 6.45) is -4.91. The molecule has 1 aliphatic rings. The average molecular weight is 466 g/mol. The van der Waals surface area contributed by atoms with Gasteiger partial charge in [-0.1, -0.05) is 18.2 Å². The van der Waals surface area contributed by atoms with Crippen molar-refractivity contribution in [3.8, 4) is 0 Å². The van der Waals surface area contributed by atoms with E-state index >= 15 is 0 Å². The lowest BCUT2D eigenvalue weighted by Gasteiger charge is -2.36. The van der Waals surface area contributed by atoms with Gasteiger partial charge in [0.1, 0.15) is 5.82 Å². The largest absolute Gasteiger partial charge is 0.455 e. The predicted octanol–water partition coefficient (Wildman–Crippen LogP) is 3.48. The van der Waals surface area contributed by atoms with Gasteiger partial charge in [-0.25, -0.2) is 4.39 Å². The maximum atomic E-state index is 14.3. The number of amides is 1. The normalized spacial score (nSPS) is 14.2. The van der Waals surface area contributed by atoms with Crippen LogP contribution in [-0.2, 0) is 26.9 Å². The number of halogens is 4. The van der Waals surface area contributed by atoms with Crippen molar-refractivity contribution in [3.05, 3.63) is 65.0 Å². The highest BCUT2D eigenvalue weighted by atomic mass is 19.4. The molecule has 176 valence electrons. The van der Waals surface area contributed by atoms with Gasteiger partial charge < -0.3 is 14.5 Å². The second kappa shape index (κ2) is 10.0. The Morgan fingerprint density at radius 1 is 1.00 bits per heavy atom. The van der Waals surface area contributed by atoms with Crippen molar-refractivity contribution >= 4 is 23.3 Å². The van der Waals surface area contributed by atoms with E-state index in [1.807, 2.05) is 0 Å². The first-order valence-corrected chi connectivity index (χ1v) is 10.2. The first-order valence-electron chi connectivity index (χ1n) is 10.2. The van der Waals surface area contributed by atoms with E-state index in [0.29, 0.717) is 18.8 Å². The molecule has 3 rings (SSSR count). The molecule has 1 fully saturated rings. The number of esters is 1. The van der Waals surface area contributed by atoms with Gasteiger partial charge in [0.05, 0.1) is 17.7 Å². The van der Waals surface area contributed by atoms with Gasteiger partial charge >= 0.3 is 12.1 Å². The van der Waals surface area contributed by atoms with Gasteiger partial charge in [-0.2, -0.15) is 13.2 Å². The second-order valence-corrected chi connectivity index (χ2v) is 7.63. The summed E-state index contributed by atoms with van der Waals surface area (Å²) < 4.78 is 57.6. The highest BCUT2D eigenvalue weighted by molar-refractivity contribution is 5.94. The Hall–Kier alpha value is -3.43. The summed E-state index contributed by atoms with van der Waals surface area (Å²) in [5.41, 5.74) is -0.126. The van der Waals surface area contributed by atoms with Crippen molar-refractivity contribution in [1.29, 1.82) is 0 Å². The Morgan fingerprint density at radius 2 is 1.70 bits per heavy atom.